The number of benzene rings is 2. The number of aryl methyl sites for hydroxylation is 1. The average molecular weight is 526 g/mol. The highest BCUT2D eigenvalue weighted by molar-refractivity contribution is 7.21. The molecule has 0 radical (unpaired) electrons. The van der Waals surface area contributed by atoms with Gasteiger partial charge in [0.1, 0.15) is 21.2 Å². The second-order valence-electron chi connectivity index (χ2n) is 10.1. The van der Waals surface area contributed by atoms with Crippen molar-refractivity contribution >= 4 is 50.6 Å². The first-order valence-corrected chi connectivity index (χ1v) is 13.8. The smallest absolute Gasteiger partial charge is 0.331 e. The van der Waals surface area contributed by atoms with E-state index in [4.69, 9.17) is 4.74 Å². The number of urea groups is 1. The van der Waals surface area contributed by atoms with E-state index >= 15 is 0 Å². The molecule has 1 saturated heterocycles. The van der Waals surface area contributed by atoms with Gasteiger partial charge in [0.2, 0.25) is 0 Å². The Balaban J connectivity index is 1.19. The van der Waals surface area contributed by atoms with E-state index in [1.54, 1.807) is 11.1 Å². The van der Waals surface area contributed by atoms with Crippen LogP contribution in [0.15, 0.2) is 60.8 Å². The first kappa shape index (κ1) is 23.2. The van der Waals surface area contributed by atoms with E-state index in [2.05, 4.69) is 20.5 Å². The minimum Gasteiger partial charge on any atom is -0.457 e. The second kappa shape index (κ2) is 9.11. The Kier molecular flexibility index (Phi) is 5.56. The largest absolute Gasteiger partial charge is 0.457 e. The van der Waals surface area contributed by atoms with Gasteiger partial charge < -0.3 is 15.4 Å². The number of ether oxygens (including phenoxy) is 1. The standard InChI is InChI=1S/C29H27N5O3S/c1-17-15-21(37-20-5-3-2-4-6-20)9-10-22(17)34-23-11-13-30-28-24(23)25(32-29(34)36)26(38-28)27(35)31-18-12-14-33(16-18)19-7-8-19/h2-6,9-11,13,15,18-19H,7-8,12,14,16H2,1H3,(H,31,35)(H,32,36). The summed E-state index contributed by atoms with van der Waals surface area (Å²) in [4.78, 5) is 36.7. The van der Waals surface area contributed by atoms with Crippen molar-refractivity contribution < 1.29 is 14.3 Å². The molecule has 4 heterocycles. The number of carbonyl (C=O) groups excluding carboxylic acids is 2. The molecular weight excluding hydrogens is 498 g/mol. The molecule has 1 unspecified atom stereocenters. The predicted octanol–water partition coefficient (Wildman–Crippen LogP) is 6.05. The molecule has 2 aromatic carbocycles. The van der Waals surface area contributed by atoms with E-state index < -0.39 is 0 Å². The molecular formula is C29H27N5O3S. The summed E-state index contributed by atoms with van der Waals surface area (Å²) in [6.07, 6.45) is 5.17. The summed E-state index contributed by atoms with van der Waals surface area (Å²) < 4.78 is 5.97. The summed E-state index contributed by atoms with van der Waals surface area (Å²) in [5.41, 5.74) is 2.89. The molecule has 2 aliphatic heterocycles. The summed E-state index contributed by atoms with van der Waals surface area (Å²) in [5, 5.41) is 6.99. The minimum absolute atomic E-state index is 0.128. The number of aromatic nitrogens is 1. The molecule has 8 nitrogen and oxygen atoms in total. The van der Waals surface area contributed by atoms with Crippen LogP contribution in [0.3, 0.4) is 0 Å². The monoisotopic (exact) mass is 525 g/mol. The lowest BCUT2D eigenvalue weighted by Gasteiger charge is -2.29. The zero-order chi connectivity index (χ0) is 25.8. The average Bonchev–Trinajstić information content (AvgIpc) is 3.55. The molecule has 0 bridgehead atoms. The number of likely N-dealkylation sites (tertiary alicyclic amines) is 1. The van der Waals surface area contributed by atoms with Crippen molar-refractivity contribution in [1.82, 2.24) is 15.2 Å². The Bertz CT molecular complexity index is 1570. The number of hydrogen-bond acceptors (Lipinski definition) is 6. The van der Waals surface area contributed by atoms with Gasteiger partial charge in [0, 0.05) is 31.4 Å². The van der Waals surface area contributed by atoms with Crippen molar-refractivity contribution in [2.75, 3.05) is 23.3 Å². The van der Waals surface area contributed by atoms with Crippen molar-refractivity contribution in [2.24, 2.45) is 0 Å². The van der Waals surface area contributed by atoms with Crippen LogP contribution in [0.5, 0.6) is 11.5 Å². The predicted molar refractivity (Wildman–Crippen MR) is 149 cm³/mol. The fourth-order valence-electron chi connectivity index (χ4n) is 5.48. The first-order valence-electron chi connectivity index (χ1n) is 13.0. The van der Waals surface area contributed by atoms with Gasteiger partial charge in [-0.25, -0.2) is 9.78 Å². The lowest BCUT2D eigenvalue weighted by Crippen LogP contribution is -2.38. The molecule has 3 aliphatic rings. The molecule has 1 atom stereocenters. The van der Waals surface area contributed by atoms with Crippen LogP contribution in [0.4, 0.5) is 21.9 Å². The maximum Gasteiger partial charge on any atom is 0.331 e. The first-order chi connectivity index (χ1) is 18.5. The Morgan fingerprint density at radius 3 is 2.71 bits per heavy atom. The molecule has 0 spiro atoms. The number of nitrogens with one attached hydrogen (secondary N) is 2. The maximum atomic E-state index is 13.5. The van der Waals surface area contributed by atoms with E-state index in [-0.39, 0.29) is 18.0 Å². The molecule has 1 saturated carbocycles. The van der Waals surface area contributed by atoms with Gasteiger partial charge in [-0.2, -0.15) is 0 Å². The Morgan fingerprint density at radius 2 is 1.92 bits per heavy atom. The summed E-state index contributed by atoms with van der Waals surface area (Å²) in [6.45, 7) is 3.87. The van der Waals surface area contributed by atoms with Crippen LogP contribution >= 0.6 is 11.3 Å². The Labute approximate surface area is 224 Å². The number of anilines is 3. The van der Waals surface area contributed by atoms with E-state index in [0.717, 1.165) is 46.7 Å². The maximum absolute atomic E-state index is 13.5. The van der Waals surface area contributed by atoms with Crippen LogP contribution < -0.4 is 20.3 Å². The molecule has 2 N–H and O–H groups in total. The number of carbonyl (C=O) groups is 2. The number of pyridine rings is 1. The summed E-state index contributed by atoms with van der Waals surface area (Å²) in [6, 6.07) is 17.6. The van der Waals surface area contributed by atoms with E-state index in [1.807, 2.05) is 61.5 Å². The van der Waals surface area contributed by atoms with Crippen LogP contribution in [-0.4, -0.2) is 47.0 Å². The Hall–Kier alpha value is -3.95. The molecule has 38 heavy (non-hydrogen) atoms. The zero-order valence-electron chi connectivity index (χ0n) is 20.9. The topological polar surface area (TPSA) is 86.8 Å². The summed E-state index contributed by atoms with van der Waals surface area (Å²) >= 11 is 1.32. The number of hydrogen-bond donors (Lipinski definition) is 2. The minimum atomic E-state index is -0.307. The number of amides is 3. The van der Waals surface area contributed by atoms with E-state index in [0.29, 0.717) is 28.0 Å². The fraction of sp³-hybridized carbons (Fsp3) is 0.276. The number of rotatable bonds is 6. The van der Waals surface area contributed by atoms with Crippen molar-refractivity contribution in [3.63, 3.8) is 0 Å². The van der Waals surface area contributed by atoms with Gasteiger partial charge in [-0.05, 0) is 68.1 Å². The number of para-hydroxylation sites is 1. The van der Waals surface area contributed by atoms with Gasteiger partial charge in [0.15, 0.2) is 0 Å². The molecule has 9 heteroatoms. The van der Waals surface area contributed by atoms with Crippen LogP contribution in [0.1, 0.15) is 34.5 Å². The van der Waals surface area contributed by atoms with Crippen molar-refractivity contribution in [3.8, 4) is 11.5 Å². The second-order valence-corrected chi connectivity index (χ2v) is 11.1. The quantitative estimate of drug-likeness (QED) is 0.320. The van der Waals surface area contributed by atoms with Crippen LogP contribution in [-0.2, 0) is 0 Å². The van der Waals surface area contributed by atoms with E-state index in [9.17, 15) is 9.59 Å². The third-order valence-electron chi connectivity index (χ3n) is 7.46. The van der Waals surface area contributed by atoms with E-state index in [1.165, 1.54) is 24.2 Å². The van der Waals surface area contributed by atoms with Gasteiger partial charge in [-0.1, -0.05) is 18.2 Å². The highest BCUT2D eigenvalue weighted by Gasteiger charge is 2.37. The fourth-order valence-corrected chi connectivity index (χ4v) is 6.50. The summed E-state index contributed by atoms with van der Waals surface area (Å²) in [5.74, 6) is 1.29. The van der Waals surface area contributed by atoms with Crippen molar-refractivity contribution in [2.45, 2.75) is 38.3 Å². The molecule has 7 rings (SSSR count). The summed E-state index contributed by atoms with van der Waals surface area (Å²) in [7, 11) is 0. The third-order valence-corrected chi connectivity index (χ3v) is 8.55. The third kappa shape index (κ3) is 4.08. The number of thiophene rings is 1. The highest BCUT2D eigenvalue weighted by atomic mass is 32.1. The van der Waals surface area contributed by atoms with Crippen LogP contribution in [0.25, 0.3) is 10.2 Å². The van der Waals surface area contributed by atoms with Gasteiger partial charge in [0.05, 0.1) is 22.4 Å². The molecule has 3 amide bonds. The highest BCUT2D eigenvalue weighted by Crippen LogP contribution is 2.46. The molecule has 4 aromatic rings. The van der Waals surface area contributed by atoms with Gasteiger partial charge in [0.25, 0.3) is 5.91 Å². The van der Waals surface area contributed by atoms with Crippen molar-refractivity contribution in [3.05, 3.63) is 71.2 Å². The number of nitrogens with zero attached hydrogens (tertiary/aromatic N) is 3. The molecule has 1 aliphatic carbocycles. The zero-order valence-corrected chi connectivity index (χ0v) is 21.8. The molecule has 192 valence electrons. The Morgan fingerprint density at radius 1 is 1.08 bits per heavy atom. The molecule has 2 fully saturated rings. The van der Waals surface area contributed by atoms with Crippen molar-refractivity contribution in [1.29, 1.82) is 0 Å². The SMILES string of the molecule is Cc1cc(Oc2ccccc2)ccc1N1C(=O)Nc2c(C(=O)NC3CCN(C4CC4)C3)sc3nccc1c23. The van der Waals surface area contributed by atoms with Gasteiger partial charge in [-0.15, -0.1) is 11.3 Å². The lowest BCUT2D eigenvalue weighted by atomic mass is 10.1. The van der Waals surface area contributed by atoms with Gasteiger partial charge >= 0.3 is 6.03 Å². The normalized spacial score (nSPS) is 19.0. The molecule has 2 aromatic heterocycles. The van der Waals surface area contributed by atoms with Crippen LogP contribution in [0.2, 0.25) is 0 Å². The van der Waals surface area contributed by atoms with Gasteiger partial charge in [-0.3, -0.25) is 14.6 Å². The van der Waals surface area contributed by atoms with Crippen LogP contribution in [0, 0.1) is 6.92 Å². The lowest BCUT2D eigenvalue weighted by molar-refractivity contribution is 0.0942.